The highest BCUT2D eigenvalue weighted by atomic mass is 16.5. The second-order valence-electron chi connectivity index (χ2n) is 5.87. The molecule has 0 saturated carbocycles. The summed E-state index contributed by atoms with van der Waals surface area (Å²) in [4.78, 5) is 12.1. The quantitative estimate of drug-likeness (QED) is 0.652. The zero-order chi connectivity index (χ0) is 19.1. The van der Waals surface area contributed by atoms with Crippen LogP contribution in [0.3, 0.4) is 0 Å². The maximum Gasteiger partial charge on any atom is 0.248 e. The van der Waals surface area contributed by atoms with Crippen molar-refractivity contribution in [2.75, 3.05) is 19.5 Å². The Bertz CT molecular complexity index is 930. The standard InChI is InChI=1S/C21H21N3O3/c1-26-19-9-6-16(7-10-19)8-11-21(25)23-18-13-22-24(15-18)14-17-4-3-5-20(12-17)27-2/h3-13,15H,14H2,1-2H3,(H,23,25)/b11-8+. The van der Waals surface area contributed by atoms with E-state index in [0.717, 1.165) is 22.6 Å². The van der Waals surface area contributed by atoms with Crippen molar-refractivity contribution in [1.29, 1.82) is 0 Å². The van der Waals surface area contributed by atoms with Gasteiger partial charge in [0.15, 0.2) is 0 Å². The molecule has 3 aromatic rings. The fourth-order valence-electron chi connectivity index (χ4n) is 2.54. The third-order valence-electron chi connectivity index (χ3n) is 3.92. The number of anilines is 1. The van der Waals surface area contributed by atoms with Crippen LogP contribution in [0, 0.1) is 0 Å². The number of ether oxygens (including phenoxy) is 2. The first-order valence-electron chi connectivity index (χ1n) is 8.45. The molecule has 1 heterocycles. The number of hydrogen-bond acceptors (Lipinski definition) is 4. The molecule has 0 aliphatic heterocycles. The molecule has 1 amide bonds. The minimum Gasteiger partial charge on any atom is -0.497 e. The van der Waals surface area contributed by atoms with Crippen LogP contribution in [0.5, 0.6) is 11.5 Å². The van der Waals surface area contributed by atoms with E-state index in [1.54, 1.807) is 37.4 Å². The summed E-state index contributed by atoms with van der Waals surface area (Å²) in [6, 6.07) is 15.2. The third-order valence-corrected chi connectivity index (χ3v) is 3.92. The van der Waals surface area contributed by atoms with Gasteiger partial charge in [-0.1, -0.05) is 24.3 Å². The van der Waals surface area contributed by atoms with E-state index in [4.69, 9.17) is 9.47 Å². The molecule has 0 unspecified atom stereocenters. The number of methoxy groups -OCH3 is 2. The van der Waals surface area contributed by atoms with Crippen LogP contribution in [0.1, 0.15) is 11.1 Å². The molecule has 0 atom stereocenters. The molecule has 138 valence electrons. The van der Waals surface area contributed by atoms with Crippen molar-refractivity contribution < 1.29 is 14.3 Å². The number of aromatic nitrogens is 2. The summed E-state index contributed by atoms with van der Waals surface area (Å²) in [6.07, 6.45) is 6.65. The van der Waals surface area contributed by atoms with Crippen molar-refractivity contribution >= 4 is 17.7 Å². The minimum atomic E-state index is -0.216. The number of nitrogens with zero attached hydrogens (tertiary/aromatic N) is 2. The lowest BCUT2D eigenvalue weighted by Crippen LogP contribution is -2.07. The molecular weight excluding hydrogens is 342 g/mol. The zero-order valence-electron chi connectivity index (χ0n) is 15.3. The fraction of sp³-hybridized carbons (Fsp3) is 0.143. The summed E-state index contributed by atoms with van der Waals surface area (Å²) in [5, 5.41) is 7.09. The summed E-state index contributed by atoms with van der Waals surface area (Å²) in [5.74, 6) is 1.36. The number of nitrogens with one attached hydrogen (secondary N) is 1. The average molecular weight is 363 g/mol. The first-order chi connectivity index (χ1) is 13.2. The second-order valence-corrected chi connectivity index (χ2v) is 5.87. The molecule has 2 aromatic carbocycles. The highest BCUT2D eigenvalue weighted by Gasteiger charge is 2.03. The van der Waals surface area contributed by atoms with Gasteiger partial charge >= 0.3 is 0 Å². The van der Waals surface area contributed by atoms with E-state index in [1.807, 2.05) is 48.5 Å². The van der Waals surface area contributed by atoms with E-state index in [2.05, 4.69) is 10.4 Å². The summed E-state index contributed by atoms with van der Waals surface area (Å²) in [6.45, 7) is 0.592. The predicted molar refractivity (Wildman–Crippen MR) is 105 cm³/mol. The first kappa shape index (κ1) is 18.3. The predicted octanol–water partition coefficient (Wildman–Crippen LogP) is 3.60. The number of benzene rings is 2. The van der Waals surface area contributed by atoms with Gasteiger partial charge in [0, 0.05) is 12.3 Å². The van der Waals surface area contributed by atoms with Crippen LogP contribution in [0.4, 0.5) is 5.69 Å². The first-order valence-corrected chi connectivity index (χ1v) is 8.45. The molecule has 1 aromatic heterocycles. The molecule has 6 nitrogen and oxygen atoms in total. The van der Waals surface area contributed by atoms with E-state index in [1.165, 1.54) is 6.08 Å². The van der Waals surface area contributed by atoms with Gasteiger partial charge in [0.25, 0.3) is 0 Å². The van der Waals surface area contributed by atoms with Crippen LogP contribution < -0.4 is 14.8 Å². The molecule has 3 rings (SSSR count). The van der Waals surface area contributed by atoms with Gasteiger partial charge in [-0.15, -0.1) is 0 Å². The zero-order valence-corrected chi connectivity index (χ0v) is 15.3. The van der Waals surface area contributed by atoms with Crippen molar-refractivity contribution in [2.24, 2.45) is 0 Å². The van der Waals surface area contributed by atoms with Crippen molar-refractivity contribution in [1.82, 2.24) is 9.78 Å². The fourth-order valence-corrected chi connectivity index (χ4v) is 2.54. The van der Waals surface area contributed by atoms with Gasteiger partial charge in [0.2, 0.25) is 5.91 Å². The molecule has 0 fully saturated rings. The van der Waals surface area contributed by atoms with Gasteiger partial charge in [-0.3, -0.25) is 9.48 Å². The Morgan fingerprint density at radius 2 is 1.89 bits per heavy atom. The number of rotatable bonds is 7. The summed E-state index contributed by atoms with van der Waals surface area (Å²) < 4.78 is 12.1. The van der Waals surface area contributed by atoms with E-state index in [0.29, 0.717) is 12.2 Å². The van der Waals surface area contributed by atoms with Crippen LogP contribution in [-0.2, 0) is 11.3 Å². The van der Waals surface area contributed by atoms with Gasteiger partial charge in [-0.05, 0) is 41.5 Å². The van der Waals surface area contributed by atoms with Gasteiger partial charge in [0.05, 0.1) is 32.6 Å². The van der Waals surface area contributed by atoms with Crippen LogP contribution in [0.25, 0.3) is 6.08 Å². The molecule has 0 radical (unpaired) electrons. The van der Waals surface area contributed by atoms with Gasteiger partial charge in [-0.2, -0.15) is 5.10 Å². The monoisotopic (exact) mass is 363 g/mol. The number of carbonyl (C=O) groups excluding carboxylic acids is 1. The van der Waals surface area contributed by atoms with Crippen molar-refractivity contribution in [3.63, 3.8) is 0 Å². The van der Waals surface area contributed by atoms with Crippen LogP contribution in [0.15, 0.2) is 67.0 Å². The Balaban J connectivity index is 1.57. The van der Waals surface area contributed by atoms with Crippen LogP contribution in [-0.4, -0.2) is 29.9 Å². The van der Waals surface area contributed by atoms with Crippen molar-refractivity contribution in [3.05, 3.63) is 78.1 Å². The summed E-state index contributed by atoms with van der Waals surface area (Å²) in [5.41, 5.74) is 2.62. The number of amides is 1. The molecule has 6 heteroatoms. The lowest BCUT2D eigenvalue weighted by Gasteiger charge is -2.04. The SMILES string of the molecule is COc1ccc(/C=C/C(=O)Nc2cnn(Cc3cccc(OC)c3)c2)cc1. The highest BCUT2D eigenvalue weighted by molar-refractivity contribution is 6.01. The van der Waals surface area contributed by atoms with E-state index < -0.39 is 0 Å². The summed E-state index contributed by atoms with van der Waals surface area (Å²) >= 11 is 0. The molecule has 0 spiro atoms. The van der Waals surface area contributed by atoms with Crippen molar-refractivity contribution in [3.8, 4) is 11.5 Å². The van der Waals surface area contributed by atoms with Crippen LogP contribution >= 0.6 is 0 Å². The normalized spacial score (nSPS) is 10.7. The lowest BCUT2D eigenvalue weighted by atomic mass is 10.2. The molecule has 1 N–H and O–H groups in total. The maximum atomic E-state index is 12.1. The summed E-state index contributed by atoms with van der Waals surface area (Å²) in [7, 11) is 3.26. The van der Waals surface area contributed by atoms with E-state index >= 15 is 0 Å². The Morgan fingerprint density at radius 1 is 1.11 bits per heavy atom. The Morgan fingerprint density at radius 3 is 2.63 bits per heavy atom. The maximum absolute atomic E-state index is 12.1. The highest BCUT2D eigenvalue weighted by Crippen LogP contribution is 2.15. The van der Waals surface area contributed by atoms with E-state index in [9.17, 15) is 4.79 Å². The molecule has 27 heavy (non-hydrogen) atoms. The molecule has 0 aliphatic rings. The van der Waals surface area contributed by atoms with Gasteiger partial charge in [0.1, 0.15) is 11.5 Å². The van der Waals surface area contributed by atoms with Crippen LogP contribution in [0.2, 0.25) is 0 Å². The Labute approximate surface area is 158 Å². The third kappa shape index (κ3) is 5.22. The molecular formula is C21H21N3O3. The number of hydrogen-bond donors (Lipinski definition) is 1. The molecule has 0 bridgehead atoms. The topological polar surface area (TPSA) is 65.4 Å². The smallest absolute Gasteiger partial charge is 0.248 e. The Hall–Kier alpha value is -3.54. The van der Waals surface area contributed by atoms with Gasteiger partial charge in [-0.25, -0.2) is 0 Å². The molecule has 0 saturated heterocycles. The number of carbonyl (C=O) groups is 1. The average Bonchev–Trinajstić information content (AvgIpc) is 3.13. The largest absolute Gasteiger partial charge is 0.497 e. The Kier molecular flexibility index (Phi) is 5.89. The van der Waals surface area contributed by atoms with E-state index in [-0.39, 0.29) is 5.91 Å². The van der Waals surface area contributed by atoms with Crippen molar-refractivity contribution in [2.45, 2.75) is 6.54 Å². The molecule has 0 aliphatic carbocycles. The lowest BCUT2D eigenvalue weighted by molar-refractivity contribution is -0.111. The minimum absolute atomic E-state index is 0.216. The van der Waals surface area contributed by atoms with Gasteiger partial charge < -0.3 is 14.8 Å². The second kappa shape index (κ2) is 8.71.